The number of benzene rings is 1. The second-order valence-corrected chi connectivity index (χ2v) is 5.51. The molecule has 0 spiro atoms. The van der Waals surface area contributed by atoms with Crippen molar-refractivity contribution in [2.24, 2.45) is 0 Å². The van der Waals surface area contributed by atoms with Gasteiger partial charge in [-0.25, -0.2) is 0 Å². The van der Waals surface area contributed by atoms with E-state index in [0.717, 1.165) is 26.2 Å². The average molecular weight is 283 g/mol. The second-order valence-electron chi connectivity index (χ2n) is 4.59. The molecule has 1 aliphatic heterocycles. The van der Waals surface area contributed by atoms with Crippen molar-refractivity contribution in [2.75, 3.05) is 19.6 Å². The van der Waals surface area contributed by atoms with Gasteiger partial charge in [0.15, 0.2) is 0 Å². The van der Waals surface area contributed by atoms with E-state index in [1.54, 1.807) is 0 Å². The number of piperazine rings is 1. The lowest BCUT2D eigenvalue weighted by atomic mass is 10.1. The van der Waals surface area contributed by atoms with Crippen LogP contribution in [0.1, 0.15) is 18.1 Å². The molecule has 1 aliphatic rings. The normalized spacial score (nSPS) is 22.3. The summed E-state index contributed by atoms with van der Waals surface area (Å²) in [5.74, 6) is 0. The quantitative estimate of drug-likeness (QED) is 0.897. The first kappa shape index (κ1) is 12.1. The number of rotatable bonds is 2. The molecule has 16 heavy (non-hydrogen) atoms. The molecule has 1 unspecified atom stereocenters. The number of halogens is 1. The van der Waals surface area contributed by atoms with E-state index >= 15 is 0 Å². The van der Waals surface area contributed by atoms with Crippen molar-refractivity contribution < 1.29 is 0 Å². The maximum atomic E-state index is 3.51. The molecule has 1 saturated heterocycles. The smallest absolute Gasteiger partial charge is 0.0240 e. The number of hydrogen-bond donors (Lipinski definition) is 1. The minimum Gasteiger partial charge on any atom is -0.314 e. The van der Waals surface area contributed by atoms with Gasteiger partial charge in [0.1, 0.15) is 0 Å². The number of nitrogens with zero attached hydrogens (tertiary/aromatic N) is 1. The Hall–Kier alpha value is -0.380. The monoisotopic (exact) mass is 282 g/mol. The summed E-state index contributed by atoms with van der Waals surface area (Å²) in [4.78, 5) is 2.55. The van der Waals surface area contributed by atoms with Crippen molar-refractivity contribution >= 4 is 15.9 Å². The Balaban J connectivity index is 2.07. The van der Waals surface area contributed by atoms with Gasteiger partial charge in [0.05, 0.1) is 0 Å². The second kappa shape index (κ2) is 5.30. The molecule has 3 heteroatoms. The zero-order valence-corrected chi connectivity index (χ0v) is 11.5. The van der Waals surface area contributed by atoms with Crippen LogP contribution in [0.4, 0.5) is 0 Å². The molecule has 1 fully saturated rings. The number of nitrogens with one attached hydrogen (secondary N) is 1. The molecule has 0 aromatic heterocycles. The molecule has 0 radical (unpaired) electrons. The van der Waals surface area contributed by atoms with Gasteiger partial charge in [0, 0.05) is 36.7 Å². The zero-order valence-electron chi connectivity index (χ0n) is 9.96. The van der Waals surface area contributed by atoms with Gasteiger partial charge in [-0.15, -0.1) is 0 Å². The molecule has 0 amide bonds. The third kappa shape index (κ3) is 2.84. The largest absolute Gasteiger partial charge is 0.314 e. The maximum absolute atomic E-state index is 3.51. The molecule has 1 N–H and O–H groups in total. The maximum Gasteiger partial charge on any atom is 0.0240 e. The summed E-state index contributed by atoms with van der Waals surface area (Å²) < 4.78 is 1.17. The SMILES string of the molecule is Cc1cc(Br)ccc1CN1CCNCC1C. The van der Waals surface area contributed by atoms with Gasteiger partial charge in [-0.1, -0.05) is 22.0 Å². The van der Waals surface area contributed by atoms with Gasteiger partial charge in [0.25, 0.3) is 0 Å². The summed E-state index contributed by atoms with van der Waals surface area (Å²) >= 11 is 3.51. The lowest BCUT2D eigenvalue weighted by Gasteiger charge is -2.34. The Morgan fingerprint density at radius 2 is 2.31 bits per heavy atom. The summed E-state index contributed by atoms with van der Waals surface area (Å²) in [6, 6.07) is 7.20. The lowest BCUT2D eigenvalue weighted by molar-refractivity contribution is 0.165. The summed E-state index contributed by atoms with van der Waals surface area (Å²) in [5.41, 5.74) is 2.82. The third-order valence-corrected chi connectivity index (χ3v) is 3.81. The minimum atomic E-state index is 0.636. The van der Waals surface area contributed by atoms with E-state index in [1.807, 2.05) is 0 Å². The van der Waals surface area contributed by atoms with E-state index in [-0.39, 0.29) is 0 Å². The van der Waals surface area contributed by atoms with Gasteiger partial charge >= 0.3 is 0 Å². The van der Waals surface area contributed by atoms with Crippen LogP contribution in [0.2, 0.25) is 0 Å². The van der Waals surface area contributed by atoms with Crippen LogP contribution in [0.3, 0.4) is 0 Å². The summed E-state index contributed by atoms with van der Waals surface area (Å²) in [6.07, 6.45) is 0. The van der Waals surface area contributed by atoms with E-state index < -0.39 is 0 Å². The van der Waals surface area contributed by atoms with Crippen LogP contribution in [0.15, 0.2) is 22.7 Å². The molecule has 1 aromatic carbocycles. The Labute approximate surface area is 106 Å². The molecule has 2 nitrogen and oxygen atoms in total. The van der Waals surface area contributed by atoms with Crippen molar-refractivity contribution in [1.29, 1.82) is 0 Å². The van der Waals surface area contributed by atoms with Crippen molar-refractivity contribution in [3.8, 4) is 0 Å². The molecule has 1 heterocycles. The fourth-order valence-electron chi connectivity index (χ4n) is 2.17. The highest BCUT2D eigenvalue weighted by atomic mass is 79.9. The van der Waals surface area contributed by atoms with E-state index in [0.29, 0.717) is 6.04 Å². The van der Waals surface area contributed by atoms with Gasteiger partial charge < -0.3 is 5.32 Å². The highest BCUT2D eigenvalue weighted by molar-refractivity contribution is 9.10. The first-order valence-corrected chi connectivity index (χ1v) is 6.66. The molecule has 2 rings (SSSR count). The van der Waals surface area contributed by atoms with Crippen LogP contribution < -0.4 is 5.32 Å². The first-order valence-electron chi connectivity index (χ1n) is 5.86. The van der Waals surface area contributed by atoms with E-state index in [9.17, 15) is 0 Å². The van der Waals surface area contributed by atoms with Crippen molar-refractivity contribution in [3.05, 3.63) is 33.8 Å². The third-order valence-electron chi connectivity index (χ3n) is 3.32. The molecule has 1 aromatic rings. The topological polar surface area (TPSA) is 15.3 Å². The Bertz CT molecular complexity index is 365. The molecule has 0 bridgehead atoms. The highest BCUT2D eigenvalue weighted by Crippen LogP contribution is 2.18. The Morgan fingerprint density at radius 1 is 1.50 bits per heavy atom. The fraction of sp³-hybridized carbons (Fsp3) is 0.538. The minimum absolute atomic E-state index is 0.636. The van der Waals surface area contributed by atoms with Crippen LogP contribution >= 0.6 is 15.9 Å². The predicted molar refractivity (Wildman–Crippen MR) is 71.6 cm³/mol. The highest BCUT2D eigenvalue weighted by Gasteiger charge is 2.18. The Kier molecular flexibility index (Phi) is 4.00. The zero-order chi connectivity index (χ0) is 11.5. The van der Waals surface area contributed by atoms with Gasteiger partial charge in [-0.2, -0.15) is 0 Å². The Morgan fingerprint density at radius 3 is 3.00 bits per heavy atom. The summed E-state index contributed by atoms with van der Waals surface area (Å²) in [5, 5.41) is 3.42. The standard InChI is InChI=1S/C13H19BrN2/c1-10-7-13(14)4-3-12(10)9-16-6-5-15-8-11(16)2/h3-4,7,11,15H,5-6,8-9H2,1-2H3. The molecular formula is C13H19BrN2. The fourth-order valence-corrected chi connectivity index (χ4v) is 2.65. The van der Waals surface area contributed by atoms with Gasteiger partial charge in [0.2, 0.25) is 0 Å². The summed E-state index contributed by atoms with van der Waals surface area (Å²) in [6.45, 7) is 8.92. The van der Waals surface area contributed by atoms with Crippen LogP contribution in [0, 0.1) is 6.92 Å². The molecule has 1 atom stereocenters. The van der Waals surface area contributed by atoms with Gasteiger partial charge in [-0.3, -0.25) is 4.90 Å². The molecule has 0 saturated carbocycles. The molecule has 88 valence electrons. The van der Waals surface area contributed by atoms with Crippen molar-refractivity contribution in [2.45, 2.75) is 26.4 Å². The average Bonchev–Trinajstić information content (AvgIpc) is 2.25. The lowest BCUT2D eigenvalue weighted by Crippen LogP contribution is -2.49. The van der Waals surface area contributed by atoms with Crippen molar-refractivity contribution in [3.63, 3.8) is 0 Å². The van der Waals surface area contributed by atoms with E-state index in [2.05, 4.69) is 58.2 Å². The number of aryl methyl sites for hydroxylation is 1. The molecular weight excluding hydrogens is 264 g/mol. The first-order chi connectivity index (χ1) is 7.66. The van der Waals surface area contributed by atoms with Gasteiger partial charge in [-0.05, 0) is 37.1 Å². The van der Waals surface area contributed by atoms with E-state index in [4.69, 9.17) is 0 Å². The molecule has 0 aliphatic carbocycles. The predicted octanol–water partition coefficient (Wildman–Crippen LogP) is 2.55. The van der Waals surface area contributed by atoms with Crippen LogP contribution in [0.25, 0.3) is 0 Å². The summed E-state index contributed by atoms with van der Waals surface area (Å²) in [7, 11) is 0. The van der Waals surface area contributed by atoms with Crippen LogP contribution in [0.5, 0.6) is 0 Å². The van der Waals surface area contributed by atoms with E-state index in [1.165, 1.54) is 15.6 Å². The van der Waals surface area contributed by atoms with Crippen molar-refractivity contribution in [1.82, 2.24) is 10.2 Å². The number of hydrogen-bond acceptors (Lipinski definition) is 2. The van der Waals surface area contributed by atoms with Crippen LogP contribution in [-0.4, -0.2) is 30.6 Å². The van der Waals surface area contributed by atoms with Crippen LogP contribution in [-0.2, 0) is 6.54 Å².